The minimum Gasteiger partial charge on any atom is -0.0985 e. The summed E-state index contributed by atoms with van der Waals surface area (Å²) in [6.07, 6.45) is 1.90. The Morgan fingerprint density at radius 2 is 1.12 bits per heavy atom. The highest BCUT2D eigenvalue weighted by molar-refractivity contribution is 6.31. The number of halogens is 1. The summed E-state index contributed by atoms with van der Waals surface area (Å²) in [6.45, 7) is 3.98. The number of rotatable bonds is 5. The minimum absolute atomic E-state index is 0.456. The van der Waals surface area contributed by atoms with E-state index >= 15 is 0 Å². The second kappa shape index (κ2) is 9.83. The average Bonchev–Trinajstić information content (AvgIpc) is 3.33. The van der Waals surface area contributed by atoms with Gasteiger partial charge in [-0.15, -0.1) is 0 Å². The van der Waals surface area contributed by atoms with Crippen molar-refractivity contribution >= 4 is 17.7 Å². The lowest BCUT2D eigenvalue weighted by atomic mass is 9.67. The van der Waals surface area contributed by atoms with Crippen molar-refractivity contribution in [2.75, 3.05) is 0 Å². The monoisotopic (exact) mass is 530 g/mol. The summed E-state index contributed by atoms with van der Waals surface area (Å²) in [5.41, 5.74) is 12.9. The van der Waals surface area contributed by atoms with E-state index in [0.717, 1.165) is 21.7 Å². The van der Waals surface area contributed by atoms with E-state index in [1.165, 1.54) is 44.5 Å². The van der Waals surface area contributed by atoms with Gasteiger partial charge < -0.3 is 0 Å². The molecule has 0 spiro atoms. The van der Waals surface area contributed by atoms with Gasteiger partial charge in [0, 0.05) is 5.02 Å². The van der Waals surface area contributed by atoms with Gasteiger partial charge in [0.05, 0.1) is 5.41 Å². The fraction of sp³-hybridized carbons (Fsp3) is 0.0256. The molecule has 0 N–H and O–H groups in total. The Kier molecular flexibility index (Phi) is 5.99. The molecule has 0 radical (unpaired) electrons. The molecule has 1 heteroatoms. The van der Waals surface area contributed by atoms with Gasteiger partial charge in [-0.1, -0.05) is 158 Å². The van der Waals surface area contributed by atoms with E-state index in [4.69, 9.17) is 11.6 Å². The van der Waals surface area contributed by atoms with Crippen molar-refractivity contribution in [1.82, 2.24) is 0 Å². The molecule has 0 aromatic heterocycles. The predicted molar refractivity (Wildman–Crippen MR) is 170 cm³/mol. The summed E-state index contributed by atoms with van der Waals surface area (Å²) in [7, 11) is 0. The van der Waals surface area contributed by atoms with Crippen LogP contribution in [0.5, 0.6) is 0 Å². The highest BCUT2D eigenvalue weighted by Crippen LogP contribution is 2.58. The molecule has 0 nitrogen and oxygen atoms in total. The van der Waals surface area contributed by atoms with Crippen molar-refractivity contribution in [1.29, 1.82) is 0 Å². The lowest BCUT2D eigenvalue weighted by Crippen LogP contribution is -2.28. The molecule has 1 unspecified atom stereocenters. The van der Waals surface area contributed by atoms with Crippen LogP contribution in [0.25, 0.3) is 39.5 Å². The maximum Gasteiger partial charge on any atom is 0.0713 e. The molecule has 190 valence electrons. The third-order valence-corrected chi connectivity index (χ3v) is 8.45. The average molecular weight is 531 g/mol. The Balaban J connectivity index is 1.59. The Labute approximate surface area is 240 Å². The fourth-order valence-electron chi connectivity index (χ4n) is 6.51. The smallest absolute Gasteiger partial charge is 0.0713 e. The zero-order valence-electron chi connectivity index (χ0n) is 22.0. The molecule has 0 aliphatic heterocycles. The highest BCUT2D eigenvalue weighted by Gasteiger charge is 2.46. The Morgan fingerprint density at radius 3 is 1.88 bits per heavy atom. The molecule has 0 saturated carbocycles. The van der Waals surface area contributed by atoms with Gasteiger partial charge >= 0.3 is 0 Å². The molecule has 6 aromatic rings. The van der Waals surface area contributed by atoms with Crippen LogP contribution >= 0.6 is 11.6 Å². The SMILES string of the molecule is C=Cc1ccc(C2(c3ccccc3)c3ccccc3-c3c(-c4ccc(Cl)cc4-c4ccccc4)cccc32)cc1. The van der Waals surface area contributed by atoms with Crippen LogP contribution in [-0.4, -0.2) is 0 Å². The van der Waals surface area contributed by atoms with Gasteiger partial charge in [-0.2, -0.15) is 0 Å². The van der Waals surface area contributed by atoms with E-state index in [2.05, 4.69) is 146 Å². The molecule has 1 atom stereocenters. The number of fused-ring (bicyclic) bond motifs is 3. The third kappa shape index (κ3) is 3.68. The normalized spacial score (nSPS) is 15.3. The molecule has 1 aliphatic rings. The Bertz CT molecular complexity index is 1850. The Morgan fingerprint density at radius 1 is 0.500 bits per heavy atom. The van der Waals surface area contributed by atoms with Crippen LogP contribution in [0.4, 0.5) is 0 Å². The Hall–Kier alpha value is -4.65. The van der Waals surface area contributed by atoms with Gasteiger partial charge in [-0.25, -0.2) is 0 Å². The van der Waals surface area contributed by atoms with E-state index in [1.54, 1.807) is 0 Å². The van der Waals surface area contributed by atoms with Crippen molar-refractivity contribution < 1.29 is 0 Å². The van der Waals surface area contributed by atoms with E-state index < -0.39 is 5.41 Å². The molecular weight excluding hydrogens is 504 g/mol. The molecule has 0 bridgehead atoms. The largest absolute Gasteiger partial charge is 0.0985 e. The van der Waals surface area contributed by atoms with Gasteiger partial charge in [0.25, 0.3) is 0 Å². The van der Waals surface area contributed by atoms with Crippen molar-refractivity contribution in [3.8, 4) is 33.4 Å². The molecule has 0 fully saturated rings. The molecule has 6 aromatic carbocycles. The summed E-state index contributed by atoms with van der Waals surface area (Å²) >= 11 is 6.58. The molecule has 0 amide bonds. The number of hydrogen-bond donors (Lipinski definition) is 0. The molecule has 0 saturated heterocycles. The second-order valence-corrected chi connectivity index (χ2v) is 10.7. The minimum atomic E-state index is -0.456. The zero-order valence-corrected chi connectivity index (χ0v) is 22.8. The summed E-state index contributed by atoms with van der Waals surface area (Å²) in [5, 5.41) is 0.733. The van der Waals surface area contributed by atoms with Crippen molar-refractivity contribution in [2.24, 2.45) is 0 Å². The van der Waals surface area contributed by atoms with Crippen LogP contribution < -0.4 is 0 Å². The van der Waals surface area contributed by atoms with Crippen molar-refractivity contribution in [3.05, 3.63) is 185 Å². The van der Waals surface area contributed by atoms with Gasteiger partial charge in [0.1, 0.15) is 0 Å². The highest BCUT2D eigenvalue weighted by atomic mass is 35.5. The van der Waals surface area contributed by atoms with Gasteiger partial charge in [-0.05, 0) is 73.3 Å². The van der Waals surface area contributed by atoms with Crippen LogP contribution in [0.1, 0.15) is 27.8 Å². The lowest BCUT2D eigenvalue weighted by molar-refractivity contribution is 0.768. The zero-order chi connectivity index (χ0) is 27.1. The standard InChI is InChI=1S/C39H27Cl/c1-2-27-20-22-30(23-21-27)39(29-14-7-4-8-15-29)36-18-10-9-16-34(36)38-33(17-11-19-37(38)39)32-25-24-31(40)26-35(32)28-12-5-3-6-13-28/h2-26H,1H2. The van der Waals surface area contributed by atoms with E-state index in [1.807, 2.05) is 12.1 Å². The summed E-state index contributed by atoms with van der Waals surface area (Å²) in [6, 6.07) is 52.2. The van der Waals surface area contributed by atoms with E-state index in [0.29, 0.717) is 0 Å². The first kappa shape index (κ1) is 24.4. The first-order valence-electron chi connectivity index (χ1n) is 13.6. The lowest BCUT2D eigenvalue weighted by Gasteiger charge is -2.34. The maximum absolute atomic E-state index is 6.58. The predicted octanol–water partition coefficient (Wildman–Crippen LogP) is 10.7. The van der Waals surface area contributed by atoms with Gasteiger partial charge in [0.2, 0.25) is 0 Å². The summed E-state index contributed by atoms with van der Waals surface area (Å²) in [5.74, 6) is 0. The van der Waals surface area contributed by atoms with Crippen LogP contribution in [0, 0.1) is 0 Å². The van der Waals surface area contributed by atoms with Crippen molar-refractivity contribution in [2.45, 2.75) is 5.41 Å². The quantitative estimate of drug-likeness (QED) is 0.207. The van der Waals surface area contributed by atoms with Gasteiger partial charge in [0.15, 0.2) is 0 Å². The first-order chi connectivity index (χ1) is 19.7. The van der Waals surface area contributed by atoms with Gasteiger partial charge in [-0.3, -0.25) is 0 Å². The molecule has 7 rings (SSSR count). The third-order valence-electron chi connectivity index (χ3n) is 8.21. The van der Waals surface area contributed by atoms with E-state index in [9.17, 15) is 0 Å². The summed E-state index contributed by atoms with van der Waals surface area (Å²) in [4.78, 5) is 0. The van der Waals surface area contributed by atoms with Crippen LogP contribution in [-0.2, 0) is 5.41 Å². The van der Waals surface area contributed by atoms with Crippen LogP contribution in [0.3, 0.4) is 0 Å². The topological polar surface area (TPSA) is 0 Å². The summed E-state index contributed by atoms with van der Waals surface area (Å²) < 4.78 is 0. The fourth-order valence-corrected chi connectivity index (χ4v) is 6.68. The molecular formula is C39H27Cl. The van der Waals surface area contributed by atoms with E-state index in [-0.39, 0.29) is 0 Å². The second-order valence-electron chi connectivity index (χ2n) is 10.3. The van der Waals surface area contributed by atoms with Crippen molar-refractivity contribution in [3.63, 3.8) is 0 Å². The first-order valence-corrected chi connectivity index (χ1v) is 14.0. The van der Waals surface area contributed by atoms with Crippen LogP contribution in [0.15, 0.2) is 152 Å². The molecule has 40 heavy (non-hydrogen) atoms. The number of hydrogen-bond acceptors (Lipinski definition) is 0. The molecule has 1 aliphatic carbocycles. The van der Waals surface area contributed by atoms with Crippen LogP contribution in [0.2, 0.25) is 5.02 Å². The maximum atomic E-state index is 6.58. The number of benzene rings is 6. The molecule has 0 heterocycles.